The largest absolute Gasteiger partial charge is 0.396 e. The number of nitrogens with zero attached hydrogens (tertiary/aromatic N) is 1. The minimum absolute atomic E-state index is 0.0798. The van der Waals surface area contributed by atoms with Crippen LogP contribution >= 0.6 is 11.6 Å². The van der Waals surface area contributed by atoms with E-state index in [1.54, 1.807) is 18.0 Å². The molecule has 2 unspecified atom stereocenters. The number of aryl methyl sites for hydroxylation is 1. The number of likely N-dealkylation sites (tertiary alicyclic amines) is 1. The summed E-state index contributed by atoms with van der Waals surface area (Å²) >= 11 is 6.35. The van der Waals surface area contributed by atoms with Crippen molar-refractivity contribution in [2.24, 2.45) is 11.8 Å². The number of fused-ring (bicyclic) bond motifs is 1. The highest BCUT2D eigenvalue weighted by Crippen LogP contribution is 2.63. The summed E-state index contributed by atoms with van der Waals surface area (Å²) in [5.41, 5.74) is -0.518. The predicted molar refractivity (Wildman–Crippen MR) is 124 cm³/mol. The average molecular weight is 478 g/mol. The minimum atomic E-state index is -1.06. The Hall–Kier alpha value is -2.16. The van der Waals surface area contributed by atoms with Gasteiger partial charge in [-0.15, -0.1) is 0 Å². The molecule has 5 atom stereocenters. The van der Waals surface area contributed by atoms with Crippen molar-refractivity contribution in [1.29, 1.82) is 0 Å². The second-order valence-corrected chi connectivity index (χ2v) is 9.99. The molecule has 1 aromatic rings. The molecule has 0 saturated carbocycles. The molecular weight excluding hydrogens is 446 g/mol. The summed E-state index contributed by atoms with van der Waals surface area (Å²) in [4.78, 5) is 41.9. The van der Waals surface area contributed by atoms with Crippen molar-refractivity contribution in [3.63, 3.8) is 0 Å². The van der Waals surface area contributed by atoms with Gasteiger partial charge in [0.25, 0.3) is 0 Å². The highest BCUT2D eigenvalue weighted by atomic mass is 35.5. The van der Waals surface area contributed by atoms with E-state index in [1.165, 1.54) is 0 Å². The number of halogens is 1. The standard InChI is InChI=1S/C24H32ClN3O5/c1-14-8-7-9-15(25)18(14)27-21(31)19-24-11-10-23(2,33-24)16(20(30)26-3)17(24)22(32)28(19)12-5-4-6-13-29/h7-9,16-17,19,29H,4-6,10-13H2,1-3H3,(H,26,30)(H,27,31)/t16-,17-,19?,23+,24?/m0/s1. The van der Waals surface area contributed by atoms with Gasteiger partial charge < -0.3 is 25.4 Å². The molecule has 3 fully saturated rings. The van der Waals surface area contributed by atoms with Crippen molar-refractivity contribution in [3.8, 4) is 0 Å². The highest BCUT2D eigenvalue weighted by molar-refractivity contribution is 6.34. The SMILES string of the molecule is CNC(=O)[C@@H]1[C@H]2C(=O)N(CCCCCO)C(C(=O)Nc3c(C)cccc3Cl)C23CC[C@@]1(C)O3. The average Bonchev–Trinajstić information content (AvgIpc) is 3.34. The van der Waals surface area contributed by atoms with Gasteiger partial charge in [-0.25, -0.2) is 0 Å². The molecule has 8 nitrogen and oxygen atoms in total. The highest BCUT2D eigenvalue weighted by Gasteiger charge is 2.77. The predicted octanol–water partition coefficient (Wildman–Crippen LogP) is 2.26. The summed E-state index contributed by atoms with van der Waals surface area (Å²) in [5.74, 6) is -2.17. The Morgan fingerprint density at radius 2 is 2.00 bits per heavy atom. The Kier molecular flexibility index (Phi) is 6.46. The number of carbonyl (C=O) groups excluding carboxylic acids is 3. The molecule has 9 heteroatoms. The number of hydrogen-bond acceptors (Lipinski definition) is 5. The van der Waals surface area contributed by atoms with Crippen molar-refractivity contribution in [3.05, 3.63) is 28.8 Å². The van der Waals surface area contributed by atoms with Crippen molar-refractivity contribution in [2.75, 3.05) is 25.5 Å². The molecule has 1 aromatic carbocycles. The van der Waals surface area contributed by atoms with Gasteiger partial charge in [-0.1, -0.05) is 23.7 Å². The summed E-state index contributed by atoms with van der Waals surface area (Å²) in [6.07, 6.45) is 3.13. The van der Waals surface area contributed by atoms with Crippen molar-refractivity contribution >= 4 is 35.0 Å². The molecule has 3 heterocycles. The van der Waals surface area contributed by atoms with E-state index in [1.807, 2.05) is 26.0 Å². The maximum Gasteiger partial charge on any atom is 0.250 e. The lowest BCUT2D eigenvalue weighted by molar-refractivity contribution is -0.144. The third-order valence-corrected chi connectivity index (χ3v) is 7.90. The summed E-state index contributed by atoms with van der Waals surface area (Å²) < 4.78 is 6.51. The molecule has 33 heavy (non-hydrogen) atoms. The van der Waals surface area contributed by atoms with Crippen LogP contribution in [0.5, 0.6) is 0 Å². The van der Waals surface area contributed by atoms with E-state index in [0.717, 1.165) is 12.0 Å². The number of rotatable bonds is 8. The smallest absolute Gasteiger partial charge is 0.250 e. The van der Waals surface area contributed by atoms with Crippen LogP contribution < -0.4 is 10.6 Å². The van der Waals surface area contributed by atoms with Crippen molar-refractivity contribution in [2.45, 2.75) is 63.2 Å². The number of aliphatic hydroxyl groups is 1. The Bertz CT molecular complexity index is 951. The number of hydrogen-bond donors (Lipinski definition) is 3. The number of aliphatic hydroxyl groups excluding tert-OH is 1. The van der Waals surface area contributed by atoms with Crippen LogP contribution in [-0.4, -0.2) is 65.2 Å². The van der Waals surface area contributed by atoms with E-state index >= 15 is 0 Å². The molecule has 2 bridgehead atoms. The Labute approximate surface area is 199 Å². The molecule has 180 valence electrons. The summed E-state index contributed by atoms with van der Waals surface area (Å²) in [5, 5.41) is 15.2. The third kappa shape index (κ3) is 3.72. The zero-order valence-corrected chi connectivity index (χ0v) is 20.1. The van der Waals surface area contributed by atoms with Gasteiger partial charge >= 0.3 is 0 Å². The first-order chi connectivity index (χ1) is 15.7. The van der Waals surface area contributed by atoms with E-state index in [9.17, 15) is 14.4 Å². The lowest BCUT2D eigenvalue weighted by atomic mass is 9.66. The number of benzene rings is 1. The van der Waals surface area contributed by atoms with Crippen LogP contribution in [0.15, 0.2) is 18.2 Å². The lowest BCUT2D eigenvalue weighted by Crippen LogP contribution is -2.53. The van der Waals surface area contributed by atoms with E-state index < -0.39 is 29.1 Å². The first-order valence-electron chi connectivity index (χ1n) is 11.6. The second kappa shape index (κ2) is 8.89. The molecule has 3 amide bonds. The van der Waals surface area contributed by atoms with E-state index in [-0.39, 0.29) is 24.3 Å². The Morgan fingerprint density at radius 3 is 2.67 bits per heavy atom. The van der Waals surface area contributed by atoms with E-state index in [4.69, 9.17) is 21.4 Å². The normalized spacial score (nSPS) is 32.2. The van der Waals surface area contributed by atoms with Gasteiger partial charge in [0, 0.05) is 20.2 Å². The van der Waals surface area contributed by atoms with Crippen LogP contribution in [0, 0.1) is 18.8 Å². The Balaban J connectivity index is 1.71. The van der Waals surface area contributed by atoms with Crippen LogP contribution in [0.3, 0.4) is 0 Å². The fourth-order valence-corrected chi connectivity index (χ4v) is 6.34. The second-order valence-electron chi connectivity index (χ2n) is 9.58. The number of para-hydroxylation sites is 1. The minimum Gasteiger partial charge on any atom is -0.396 e. The molecule has 3 aliphatic rings. The van der Waals surface area contributed by atoms with Crippen LogP contribution in [0.25, 0.3) is 0 Å². The third-order valence-electron chi connectivity index (χ3n) is 7.58. The molecule has 0 aliphatic carbocycles. The monoisotopic (exact) mass is 477 g/mol. The number of unbranched alkanes of at least 4 members (excludes halogenated alkanes) is 2. The van der Waals surface area contributed by atoms with Crippen molar-refractivity contribution in [1.82, 2.24) is 10.2 Å². The summed E-state index contributed by atoms with van der Waals surface area (Å²) in [6, 6.07) is 4.51. The van der Waals surface area contributed by atoms with Gasteiger partial charge in [-0.2, -0.15) is 0 Å². The number of anilines is 1. The molecule has 4 rings (SSSR count). The molecule has 0 aromatic heterocycles. The molecule has 3 saturated heterocycles. The summed E-state index contributed by atoms with van der Waals surface area (Å²) in [7, 11) is 1.56. The van der Waals surface area contributed by atoms with Gasteiger partial charge in [0.2, 0.25) is 17.7 Å². The number of amides is 3. The van der Waals surface area contributed by atoms with Gasteiger partial charge in [0.15, 0.2) is 0 Å². The van der Waals surface area contributed by atoms with E-state index in [0.29, 0.717) is 42.9 Å². The Morgan fingerprint density at radius 1 is 1.24 bits per heavy atom. The van der Waals surface area contributed by atoms with Crippen molar-refractivity contribution < 1.29 is 24.2 Å². The first kappa shape index (κ1) is 24.0. The van der Waals surface area contributed by atoms with Crippen LogP contribution in [0.1, 0.15) is 44.6 Å². The van der Waals surface area contributed by atoms with Crippen LogP contribution in [0.4, 0.5) is 5.69 Å². The maximum absolute atomic E-state index is 13.8. The lowest BCUT2D eigenvalue weighted by Gasteiger charge is -2.33. The number of ether oxygens (including phenoxy) is 1. The van der Waals surface area contributed by atoms with Gasteiger partial charge in [-0.3, -0.25) is 14.4 Å². The fourth-order valence-electron chi connectivity index (χ4n) is 6.08. The number of nitrogens with one attached hydrogen (secondary N) is 2. The van der Waals surface area contributed by atoms with E-state index in [2.05, 4.69) is 10.6 Å². The maximum atomic E-state index is 13.8. The molecule has 0 radical (unpaired) electrons. The molecular formula is C24H32ClN3O5. The summed E-state index contributed by atoms with van der Waals surface area (Å²) in [6.45, 7) is 4.16. The fraction of sp³-hybridized carbons (Fsp3) is 0.625. The zero-order chi connectivity index (χ0) is 24.0. The number of carbonyl (C=O) groups is 3. The quantitative estimate of drug-likeness (QED) is 0.498. The molecule has 1 spiro atoms. The van der Waals surface area contributed by atoms with Crippen LogP contribution in [0.2, 0.25) is 5.02 Å². The van der Waals surface area contributed by atoms with Gasteiger partial charge in [-0.05, 0) is 57.6 Å². The van der Waals surface area contributed by atoms with Crippen LogP contribution in [-0.2, 0) is 19.1 Å². The molecule has 3 N–H and O–H groups in total. The molecule has 3 aliphatic heterocycles. The first-order valence-corrected chi connectivity index (χ1v) is 12.0. The van der Waals surface area contributed by atoms with Gasteiger partial charge in [0.05, 0.1) is 28.1 Å². The van der Waals surface area contributed by atoms with Gasteiger partial charge in [0.1, 0.15) is 11.6 Å². The zero-order valence-electron chi connectivity index (χ0n) is 19.3. The topological polar surface area (TPSA) is 108 Å².